The molecule has 36 heavy (non-hydrogen) atoms. The van der Waals surface area contributed by atoms with Gasteiger partial charge in [0.05, 0.1) is 37.1 Å². The van der Waals surface area contributed by atoms with E-state index in [2.05, 4.69) is 20.4 Å². The number of nitrogens with one attached hydrogen (secondary N) is 2. The summed E-state index contributed by atoms with van der Waals surface area (Å²) in [5, 5.41) is 20.6. The number of fused-ring (bicyclic) bond motifs is 3. The highest BCUT2D eigenvalue weighted by atomic mass is 19.1. The molecule has 0 spiro atoms. The number of alkyl halides is 2. The van der Waals surface area contributed by atoms with Gasteiger partial charge in [-0.05, 0) is 49.1 Å². The van der Waals surface area contributed by atoms with Crippen LogP contribution in [0.3, 0.4) is 0 Å². The van der Waals surface area contributed by atoms with E-state index in [1.54, 1.807) is 11.1 Å². The van der Waals surface area contributed by atoms with Gasteiger partial charge in [0.2, 0.25) is 0 Å². The van der Waals surface area contributed by atoms with E-state index in [-0.39, 0.29) is 24.8 Å². The van der Waals surface area contributed by atoms with E-state index in [1.165, 1.54) is 19.1 Å². The van der Waals surface area contributed by atoms with Crippen LogP contribution in [0.2, 0.25) is 0 Å². The van der Waals surface area contributed by atoms with Crippen molar-refractivity contribution in [1.29, 1.82) is 0 Å². The third-order valence-electron chi connectivity index (χ3n) is 7.23. The van der Waals surface area contributed by atoms with Crippen molar-refractivity contribution in [3.05, 3.63) is 58.8 Å². The fourth-order valence-electron chi connectivity index (χ4n) is 5.48. The van der Waals surface area contributed by atoms with Gasteiger partial charge in [-0.3, -0.25) is 19.3 Å². The molecule has 2 aliphatic heterocycles. The third-order valence-corrected chi connectivity index (χ3v) is 7.23. The molecule has 2 unspecified atom stereocenters. The first-order valence-corrected chi connectivity index (χ1v) is 12.3. The van der Waals surface area contributed by atoms with Crippen molar-refractivity contribution in [2.45, 2.75) is 37.5 Å². The molecular formula is C26H31F4N5O. The summed E-state index contributed by atoms with van der Waals surface area (Å²) in [4.78, 5) is 3.79. The van der Waals surface area contributed by atoms with Crippen LogP contribution in [0.4, 0.5) is 23.2 Å². The molecular weight excluding hydrogens is 474 g/mol. The van der Waals surface area contributed by atoms with Crippen LogP contribution in [0, 0.1) is 11.6 Å². The van der Waals surface area contributed by atoms with E-state index in [0.717, 1.165) is 16.5 Å². The van der Waals surface area contributed by atoms with E-state index in [0.29, 0.717) is 50.3 Å². The Balaban J connectivity index is 1.47. The van der Waals surface area contributed by atoms with Gasteiger partial charge in [-0.25, -0.2) is 13.2 Å². The molecule has 6 nitrogen and oxygen atoms in total. The van der Waals surface area contributed by atoms with Crippen molar-refractivity contribution in [3.63, 3.8) is 0 Å². The molecule has 1 saturated heterocycles. The number of aromatic amines is 1. The van der Waals surface area contributed by atoms with Crippen LogP contribution < -0.4 is 5.32 Å². The van der Waals surface area contributed by atoms with E-state index in [4.69, 9.17) is 0 Å². The molecule has 10 heteroatoms. The molecule has 0 amide bonds. The molecule has 0 bridgehead atoms. The molecule has 1 fully saturated rings. The number of likely N-dealkylation sites (tertiary alicyclic amines) is 1. The van der Waals surface area contributed by atoms with Crippen molar-refractivity contribution in [2.24, 2.45) is 0 Å². The Hall–Kier alpha value is -2.69. The maximum Gasteiger partial charge on any atom is 0.143 e. The molecule has 2 aromatic carbocycles. The Bertz CT molecular complexity index is 1200. The Kier molecular flexibility index (Phi) is 6.93. The molecule has 3 heterocycles. The smallest absolute Gasteiger partial charge is 0.143 e. The maximum atomic E-state index is 15.6. The summed E-state index contributed by atoms with van der Waals surface area (Å²) in [5.41, 5.74) is 0.718. The second kappa shape index (κ2) is 9.99. The van der Waals surface area contributed by atoms with E-state index >= 15 is 8.78 Å². The predicted octanol–water partition coefficient (Wildman–Crippen LogP) is 3.96. The van der Waals surface area contributed by atoms with Gasteiger partial charge in [0.15, 0.2) is 0 Å². The van der Waals surface area contributed by atoms with Gasteiger partial charge in [0.25, 0.3) is 0 Å². The second-order valence-corrected chi connectivity index (χ2v) is 10.2. The number of hydrogen-bond donors (Lipinski definition) is 3. The average Bonchev–Trinajstić information content (AvgIpc) is 3.30. The van der Waals surface area contributed by atoms with E-state index < -0.39 is 30.0 Å². The average molecular weight is 506 g/mol. The summed E-state index contributed by atoms with van der Waals surface area (Å²) < 4.78 is 58.5. The molecule has 3 aromatic rings. The Morgan fingerprint density at radius 1 is 1.22 bits per heavy atom. The lowest BCUT2D eigenvalue weighted by molar-refractivity contribution is 0.0342. The van der Waals surface area contributed by atoms with Crippen molar-refractivity contribution < 1.29 is 22.7 Å². The minimum atomic E-state index is -1.93. The lowest BCUT2D eigenvalue weighted by Crippen LogP contribution is -2.54. The number of anilines is 1. The van der Waals surface area contributed by atoms with Crippen LogP contribution in [0.25, 0.3) is 10.9 Å². The molecule has 0 saturated carbocycles. The second-order valence-electron chi connectivity index (χ2n) is 10.2. The number of halogens is 4. The van der Waals surface area contributed by atoms with Crippen LogP contribution in [-0.4, -0.2) is 82.8 Å². The largest absolute Gasteiger partial charge is 0.393 e. The highest BCUT2D eigenvalue weighted by Crippen LogP contribution is 2.41. The fraction of sp³-hybridized carbons (Fsp3) is 0.500. The first-order valence-electron chi connectivity index (χ1n) is 12.3. The number of nitrogens with zero attached hydrogens (tertiary/aromatic N) is 3. The zero-order valence-electron chi connectivity index (χ0n) is 20.2. The van der Waals surface area contributed by atoms with Crippen LogP contribution in [0.1, 0.15) is 36.1 Å². The Morgan fingerprint density at radius 2 is 1.97 bits per heavy atom. The number of hydrogen-bond acceptors (Lipinski definition) is 5. The number of aliphatic hydroxyl groups excluding tert-OH is 1. The molecule has 5 rings (SSSR count). The quantitative estimate of drug-likeness (QED) is 0.384. The van der Waals surface area contributed by atoms with Gasteiger partial charge in [0, 0.05) is 49.4 Å². The van der Waals surface area contributed by atoms with Gasteiger partial charge < -0.3 is 10.4 Å². The predicted molar refractivity (Wildman–Crippen MR) is 131 cm³/mol. The zero-order chi connectivity index (χ0) is 25.4. The van der Waals surface area contributed by atoms with Crippen molar-refractivity contribution in [3.8, 4) is 0 Å². The summed E-state index contributed by atoms with van der Waals surface area (Å²) in [6, 6.07) is 5.37. The normalized spacial score (nSPS) is 20.8. The summed E-state index contributed by atoms with van der Waals surface area (Å²) in [7, 11) is 0. The van der Waals surface area contributed by atoms with E-state index in [1.807, 2.05) is 12.1 Å². The summed E-state index contributed by atoms with van der Waals surface area (Å²) in [5.74, 6) is -1.43. The highest BCUT2D eigenvalue weighted by Gasteiger charge is 2.38. The van der Waals surface area contributed by atoms with Crippen LogP contribution in [-0.2, 0) is 6.42 Å². The topological polar surface area (TPSA) is 67.4 Å². The molecule has 194 valence electrons. The summed E-state index contributed by atoms with van der Waals surface area (Å²) in [6.07, 6.45) is 2.74. The molecule has 0 aliphatic carbocycles. The van der Waals surface area contributed by atoms with Gasteiger partial charge in [-0.1, -0.05) is 6.07 Å². The van der Waals surface area contributed by atoms with Crippen molar-refractivity contribution in [2.75, 3.05) is 51.3 Å². The van der Waals surface area contributed by atoms with Gasteiger partial charge in [0.1, 0.15) is 17.3 Å². The van der Waals surface area contributed by atoms with Crippen LogP contribution in [0.15, 0.2) is 30.5 Å². The summed E-state index contributed by atoms with van der Waals surface area (Å²) in [6.45, 7) is 2.47. The van der Waals surface area contributed by atoms with Crippen molar-refractivity contribution >= 4 is 16.6 Å². The van der Waals surface area contributed by atoms with Crippen LogP contribution >= 0.6 is 0 Å². The monoisotopic (exact) mass is 505 g/mol. The van der Waals surface area contributed by atoms with E-state index in [9.17, 15) is 13.9 Å². The van der Waals surface area contributed by atoms with Gasteiger partial charge in [-0.15, -0.1) is 0 Å². The standard InChI is InChI=1S/C26H31F4N5O/c1-26(30,15-36)14-35-8-5-18-19(3-4-23-20(18)11-31-33-23)25(35)24-21(28)9-16(10-22(24)29)32-17-12-34(13-17)7-2-6-27/h3-4,9-11,17,25,32,36H,2,5-8,12-15H2,1H3,(H,31,33). The summed E-state index contributed by atoms with van der Waals surface area (Å²) >= 11 is 0. The van der Waals surface area contributed by atoms with Gasteiger partial charge >= 0.3 is 0 Å². The Labute approximate surface area is 207 Å². The lowest BCUT2D eigenvalue weighted by Gasteiger charge is -2.41. The first-order chi connectivity index (χ1) is 17.3. The molecule has 2 aliphatic rings. The molecule has 0 radical (unpaired) electrons. The fourth-order valence-corrected chi connectivity index (χ4v) is 5.48. The molecule has 2 atom stereocenters. The number of H-pyrrole nitrogens is 1. The maximum absolute atomic E-state index is 15.6. The first kappa shape index (κ1) is 25.0. The minimum Gasteiger partial charge on any atom is -0.393 e. The van der Waals surface area contributed by atoms with Crippen molar-refractivity contribution in [1.82, 2.24) is 20.0 Å². The number of aromatic nitrogens is 2. The minimum absolute atomic E-state index is 0.0346. The lowest BCUT2D eigenvalue weighted by atomic mass is 9.85. The molecule has 3 N–H and O–H groups in total. The zero-order valence-corrected chi connectivity index (χ0v) is 20.2. The highest BCUT2D eigenvalue weighted by molar-refractivity contribution is 5.83. The van der Waals surface area contributed by atoms with Crippen LogP contribution in [0.5, 0.6) is 0 Å². The van der Waals surface area contributed by atoms with Gasteiger partial charge in [-0.2, -0.15) is 5.10 Å². The number of aliphatic hydroxyl groups is 1. The molecule has 1 aromatic heterocycles. The SMILES string of the molecule is CC(F)(CO)CN1CCc2c(ccc3[nH]ncc23)C1c1c(F)cc(NC2CN(CCCF)C2)cc1F. The number of rotatable bonds is 9. The third kappa shape index (κ3) is 4.81. The number of benzene rings is 2. The Morgan fingerprint density at radius 3 is 2.67 bits per heavy atom.